The number of hydrogen-bond donors (Lipinski definition) is 1. The van der Waals surface area contributed by atoms with Gasteiger partial charge in [0.1, 0.15) is 29.8 Å². The molecular weight excluding hydrogens is 833 g/mol. The van der Waals surface area contributed by atoms with Gasteiger partial charge >= 0.3 is 11.9 Å². The van der Waals surface area contributed by atoms with Crippen LogP contribution in [0.3, 0.4) is 0 Å². The number of carbonyl (C=O) groups is 2. The second kappa shape index (κ2) is 19.3. The van der Waals surface area contributed by atoms with Gasteiger partial charge in [-0.25, -0.2) is 0 Å². The van der Waals surface area contributed by atoms with Gasteiger partial charge < -0.3 is 47.4 Å². The molecule has 0 radical (unpaired) electrons. The van der Waals surface area contributed by atoms with Crippen LogP contribution in [0.25, 0.3) is 0 Å². The van der Waals surface area contributed by atoms with Crippen LogP contribution in [0.4, 0.5) is 0 Å². The molecule has 13 heteroatoms. The van der Waals surface area contributed by atoms with E-state index in [1.54, 1.807) is 7.11 Å². The average molecular weight is 911 g/mol. The van der Waals surface area contributed by atoms with Crippen molar-refractivity contribution in [2.45, 2.75) is 205 Å². The summed E-state index contributed by atoms with van der Waals surface area (Å²) in [6.45, 7) is 25.6. The summed E-state index contributed by atoms with van der Waals surface area (Å²) >= 11 is 0. The largest absolute Gasteiger partial charge is 0.462 e. The molecule has 64 heavy (non-hydrogen) atoms. The van der Waals surface area contributed by atoms with Gasteiger partial charge in [-0.1, -0.05) is 91.3 Å². The fourth-order valence-electron chi connectivity index (χ4n) is 10.2. The quantitative estimate of drug-likeness (QED) is 0.134. The van der Waals surface area contributed by atoms with Crippen molar-refractivity contribution in [1.82, 2.24) is 0 Å². The first kappa shape index (κ1) is 49.4. The maximum absolute atomic E-state index is 14.8. The normalized spacial score (nSPS) is 41.4. The molecule has 0 amide bonds. The zero-order valence-corrected chi connectivity index (χ0v) is 41.8. The highest BCUT2D eigenvalue weighted by Crippen LogP contribution is 2.50. The first-order valence-corrected chi connectivity index (χ1v) is 27.0. The molecule has 5 heterocycles. The number of methoxy groups -OCH3 is 1. The number of esters is 2. The molecular formula is C51H78O12Si. The van der Waals surface area contributed by atoms with Gasteiger partial charge in [0.15, 0.2) is 26.5 Å². The van der Waals surface area contributed by atoms with Crippen LogP contribution in [-0.2, 0) is 51.9 Å². The van der Waals surface area contributed by atoms with Crippen molar-refractivity contribution in [3.63, 3.8) is 0 Å². The summed E-state index contributed by atoms with van der Waals surface area (Å²) in [6, 6.07) is 0. The standard InChI is InChI=1S/C51H78O12Si/c1-14-29(2)43-32(5)22-23-50(62-43)27-38-25-37(61-50)21-18-31(4)42(59-41-26-40(55-11)45(34(7)57-41)60-47(52)35-19-20-35)30(3)16-15-17-36-28-56-46-44(63-64(12,13)49(8,9)10)33(6)24-39(48(53)58-38)51(36,46)54/h15-18,22-24,29-30,32,34-35,37-46,54H,14,19-21,25-28H2,1-13H3/t29-,30-,32-,34?,37+,38-,39?,40?,41?,42-,43+,44+,45?,46+,50?,51+/m0/s1. The Hall–Kier alpha value is -2.46. The lowest BCUT2D eigenvalue weighted by molar-refractivity contribution is -0.300. The van der Waals surface area contributed by atoms with E-state index in [4.69, 9.17) is 42.3 Å². The van der Waals surface area contributed by atoms with Crippen LogP contribution in [-0.4, -0.2) is 112 Å². The number of ether oxygens (including phenoxy) is 8. The van der Waals surface area contributed by atoms with E-state index >= 15 is 0 Å². The van der Waals surface area contributed by atoms with E-state index in [0.717, 1.165) is 30.4 Å². The van der Waals surface area contributed by atoms with Crippen LogP contribution in [0.15, 0.2) is 59.3 Å². The molecule has 16 atom stereocenters. The molecule has 4 fully saturated rings. The topological polar surface area (TPSA) is 137 Å². The van der Waals surface area contributed by atoms with Crippen LogP contribution >= 0.6 is 0 Å². The van der Waals surface area contributed by atoms with Gasteiger partial charge in [-0.05, 0) is 86.9 Å². The van der Waals surface area contributed by atoms with E-state index in [2.05, 4.69) is 86.7 Å². The molecule has 7 aliphatic rings. The number of allylic oxidation sites excluding steroid dienone is 2. The van der Waals surface area contributed by atoms with Crippen molar-refractivity contribution in [3.8, 4) is 0 Å². The van der Waals surface area contributed by atoms with Crippen molar-refractivity contribution >= 4 is 20.3 Å². The summed E-state index contributed by atoms with van der Waals surface area (Å²) in [5, 5.41) is 13.0. The van der Waals surface area contributed by atoms with Gasteiger partial charge in [-0.15, -0.1) is 0 Å². The third-order valence-electron chi connectivity index (χ3n) is 15.6. The lowest BCUT2D eigenvalue weighted by Gasteiger charge is -2.49. The van der Waals surface area contributed by atoms with Crippen LogP contribution in [0.1, 0.15) is 114 Å². The zero-order valence-electron chi connectivity index (χ0n) is 40.8. The second-order valence-electron chi connectivity index (χ2n) is 21.6. The number of hydrogen-bond acceptors (Lipinski definition) is 12. The molecule has 12 nitrogen and oxygen atoms in total. The SMILES string of the molecule is CC[C@H](C)[C@H]1OC2(C=C[C@@H]1C)C[C@@H]1C[C@@H](CC=C(C)[C@@H](OC3CC(OC)C(OC(=O)C4CC4)C(C)O3)[C@@H](C)C=CC=C3CO[C@@H]4[C@H](O[Si](C)(C)C(C)(C)C)C(C)=CC(C(=O)O1)[C@]34O)O2. The highest BCUT2D eigenvalue weighted by Gasteiger charge is 2.61. The Kier molecular flexibility index (Phi) is 14.9. The fourth-order valence-corrected chi connectivity index (χ4v) is 11.5. The summed E-state index contributed by atoms with van der Waals surface area (Å²) in [4.78, 5) is 27.5. The van der Waals surface area contributed by atoms with Gasteiger partial charge in [-0.2, -0.15) is 0 Å². The maximum Gasteiger partial charge on any atom is 0.316 e. The Labute approximate surface area is 383 Å². The van der Waals surface area contributed by atoms with Crippen molar-refractivity contribution in [3.05, 3.63) is 59.3 Å². The third kappa shape index (κ3) is 10.2. The van der Waals surface area contributed by atoms with Crippen LogP contribution in [0.5, 0.6) is 0 Å². The van der Waals surface area contributed by atoms with Crippen molar-refractivity contribution in [1.29, 1.82) is 0 Å². The molecule has 0 aromatic heterocycles. The zero-order chi connectivity index (χ0) is 46.5. The third-order valence-corrected chi connectivity index (χ3v) is 20.1. The van der Waals surface area contributed by atoms with Gasteiger partial charge in [0.2, 0.25) is 0 Å². The highest BCUT2D eigenvalue weighted by molar-refractivity contribution is 6.74. The van der Waals surface area contributed by atoms with Crippen molar-refractivity contribution < 1.29 is 57.0 Å². The molecule has 0 aromatic rings. The summed E-state index contributed by atoms with van der Waals surface area (Å²) in [7, 11) is -0.729. The minimum Gasteiger partial charge on any atom is -0.462 e. The summed E-state index contributed by atoms with van der Waals surface area (Å²) in [6.07, 6.45) is 13.5. The summed E-state index contributed by atoms with van der Waals surface area (Å²) in [5.74, 6) is -2.58. The number of rotatable bonds is 9. The number of aliphatic hydroxyl groups is 1. The van der Waals surface area contributed by atoms with Gasteiger partial charge in [0.25, 0.3) is 0 Å². The van der Waals surface area contributed by atoms with Crippen molar-refractivity contribution in [2.24, 2.45) is 29.6 Å². The molecule has 7 rings (SSSR count). The average Bonchev–Trinajstić information content (AvgIpc) is 4.03. The smallest absolute Gasteiger partial charge is 0.316 e. The highest BCUT2D eigenvalue weighted by atomic mass is 28.4. The Morgan fingerprint density at radius 3 is 2.42 bits per heavy atom. The molecule has 5 aliphatic heterocycles. The molecule has 1 saturated carbocycles. The van der Waals surface area contributed by atoms with E-state index < -0.39 is 80.6 Å². The van der Waals surface area contributed by atoms with Crippen LogP contribution < -0.4 is 0 Å². The molecule has 1 spiro atoms. The fraction of sp³-hybridized carbons (Fsp3) is 0.765. The minimum atomic E-state index is -2.36. The summed E-state index contributed by atoms with van der Waals surface area (Å²) < 4.78 is 59.2. The van der Waals surface area contributed by atoms with Gasteiger partial charge in [0, 0.05) is 38.2 Å². The molecule has 2 aliphatic carbocycles. The van der Waals surface area contributed by atoms with E-state index in [-0.39, 0.29) is 53.5 Å². The Balaban J connectivity index is 1.25. The van der Waals surface area contributed by atoms with E-state index in [1.165, 1.54) is 0 Å². The first-order chi connectivity index (χ1) is 30.1. The lowest BCUT2D eigenvalue weighted by Crippen LogP contribution is -2.60. The van der Waals surface area contributed by atoms with Crippen LogP contribution in [0, 0.1) is 29.6 Å². The monoisotopic (exact) mass is 911 g/mol. The minimum absolute atomic E-state index is 0.0348. The first-order valence-electron chi connectivity index (χ1n) is 24.1. The summed E-state index contributed by atoms with van der Waals surface area (Å²) in [5.41, 5.74) is 0.668. The number of carbonyl (C=O) groups excluding carboxylic acids is 2. The van der Waals surface area contributed by atoms with E-state index in [0.29, 0.717) is 31.3 Å². The lowest BCUT2D eigenvalue weighted by atomic mass is 9.71. The number of fused-ring (bicyclic) bond motifs is 2. The van der Waals surface area contributed by atoms with E-state index in [1.807, 2.05) is 38.2 Å². The predicted molar refractivity (Wildman–Crippen MR) is 245 cm³/mol. The van der Waals surface area contributed by atoms with Crippen molar-refractivity contribution in [2.75, 3.05) is 13.7 Å². The van der Waals surface area contributed by atoms with Gasteiger partial charge in [0.05, 0.1) is 43.0 Å². The van der Waals surface area contributed by atoms with Gasteiger partial charge in [-0.3, -0.25) is 9.59 Å². The van der Waals surface area contributed by atoms with E-state index in [9.17, 15) is 14.7 Å². The predicted octanol–water partition coefficient (Wildman–Crippen LogP) is 8.83. The second-order valence-corrected chi connectivity index (χ2v) is 26.4. The molecule has 358 valence electrons. The molecule has 1 N–H and O–H groups in total. The Morgan fingerprint density at radius 1 is 1.02 bits per heavy atom. The molecule has 2 bridgehead atoms. The van der Waals surface area contributed by atoms with Crippen LogP contribution in [0.2, 0.25) is 18.1 Å². The maximum atomic E-state index is 14.8. The molecule has 6 unspecified atom stereocenters. The molecule has 0 aromatic carbocycles. The molecule has 3 saturated heterocycles. The Bertz CT molecular complexity index is 1860. The Morgan fingerprint density at radius 2 is 1.75 bits per heavy atom.